The van der Waals surface area contributed by atoms with Crippen LogP contribution in [0.2, 0.25) is 0 Å². The van der Waals surface area contributed by atoms with Crippen molar-refractivity contribution in [3.8, 4) is 0 Å². The van der Waals surface area contributed by atoms with Crippen LogP contribution in [0.1, 0.15) is 33.6 Å². The average Bonchev–Trinajstić information content (AvgIpc) is 2.31. The molecule has 1 unspecified atom stereocenters. The molecule has 2 N–H and O–H groups in total. The van der Waals surface area contributed by atoms with Crippen LogP contribution < -0.4 is 5.73 Å². The first-order valence-electron chi connectivity index (χ1n) is 4.70. The van der Waals surface area contributed by atoms with Gasteiger partial charge in [-0.2, -0.15) is 0 Å². The smallest absolute Gasteiger partial charge is 0.221 e. The zero-order valence-corrected chi connectivity index (χ0v) is 8.46. The maximum Gasteiger partial charge on any atom is 0.221 e. The highest BCUT2D eigenvalue weighted by molar-refractivity contribution is 5.76. The van der Waals surface area contributed by atoms with Crippen molar-refractivity contribution in [2.45, 2.75) is 39.7 Å². The number of hydrogen-bond acceptors (Lipinski definition) is 2. The minimum Gasteiger partial charge on any atom is -0.494 e. The number of hydrogen-bond donors (Lipinski definition) is 1. The first kappa shape index (κ1) is 10.1. The maximum absolute atomic E-state index is 10.8. The minimum absolute atomic E-state index is 0.231. The van der Waals surface area contributed by atoms with Crippen LogP contribution in [-0.2, 0) is 9.53 Å². The lowest BCUT2D eigenvalue weighted by Gasteiger charge is -2.14. The first-order valence-corrected chi connectivity index (χ1v) is 4.70. The van der Waals surface area contributed by atoms with Crippen LogP contribution in [0, 0.1) is 5.92 Å². The van der Waals surface area contributed by atoms with Crippen molar-refractivity contribution in [2.75, 3.05) is 0 Å². The van der Waals surface area contributed by atoms with Crippen LogP contribution >= 0.6 is 0 Å². The van der Waals surface area contributed by atoms with E-state index in [9.17, 15) is 4.79 Å². The topological polar surface area (TPSA) is 52.3 Å². The second-order valence-corrected chi connectivity index (χ2v) is 3.58. The molecule has 1 amide bonds. The maximum atomic E-state index is 10.8. The molecule has 0 bridgehead atoms. The van der Waals surface area contributed by atoms with Gasteiger partial charge in [-0.3, -0.25) is 4.79 Å². The Labute approximate surface area is 78.9 Å². The molecule has 0 saturated carbocycles. The number of primary amides is 1. The lowest BCUT2D eigenvalue weighted by Crippen LogP contribution is -2.18. The van der Waals surface area contributed by atoms with E-state index < -0.39 is 0 Å². The van der Waals surface area contributed by atoms with Gasteiger partial charge < -0.3 is 10.5 Å². The predicted octanol–water partition coefficient (Wildman–Crippen LogP) is 1.58. The third kappa shape index (κ3) is 2.02. The van der Waals surface area contributed by atoms with Crippen LogP contribution in [0.3, 0.4) is 0 Å². The fraction of sp³-hybridized carbons (Fsp3) is 0.700. The Morgan fingerprint density at radius 2 is 2.23 bits per heavy atom. The number of rotatable bonds is 3. The van der Waals surface area contributed by atoms with Gasteiger partial charge in [-0.15, -0.1) is 0 Å². The van der Waals surface area contributed by atoms with Crippen molar-refractivity contribution in [3.63, 3.8) is 0 Å². The molecule has 0 fully saturated rings. The molecule has 1 heterocycles. The fourth-order valence-corrected chi connectivity index (χ4v) is 1.86. The molecule has 1 aliphatic heterocycles. The van der Waals surface area contributed by atoms with Gasteiger partial charge in [-0.1, -0.05) is 13.8 Å². The normalized spacial score (nSPS) is 27.6. The van der Waals surface area contributed by atoms with Crippen molar-refractivity contribution in [1.29, 1.82) is 0 Å². The van der Waals surface area contributed by atoms with Crippen LogP contribution in [0.15, 0.2) is 11.3 Å². The zero-order chi connectivity index (χ0) is 10.0. The van der Waals surface area contributed by atoms with Crippen molar-refractivity contribution >= 4 is 5.91 Å². The van der Waals surface area contributed by atoms with Crippen molar-refractivity contribution < 1.29 is 9.53 Å². The summed E-state index contributed by atoms with van der Waals surface area (Å²) in [5.74, 6) is 0.942. The molecule has 0 aromatic rings. The van der Waals surface area contributed by atoms with E-state index in [0.29, 0.717) is 12.3 Å². The van der Waals surface area contributed by atoms with E-state index in [4.69, 9.17) is 10.5 Å². The van der Waals surface area contributed by atoms with E-state index in [0.717, 1.165) is 17.8 Å². The molecule has 0 spiro atoms. The monoisotopic (exact) mass is 183 g/mol. The molecular weight excluding hydrogens is 166 g/mol. The molecule has 3 nitrogen and oxygen atoms in total. The Bertz CT molecular complexity index is 245. The molecule has 0 saturated heterocycles. The summed E-state index contributed by atoms with van der Waals surface area (Å²) in [6.07, 6.45) is 1.54. The van der Waals surface area contributed by atoms with Gasteiger partial charge >= 0.3 is 0 Å². The summed E-state index contributed by atoms with van der Waals surface area (Å²) in [6, 6.07) is 0. The van der Waals surface area contributed by atoms with Gasteiger partial charge in [0.1, 0.15) is 6.10 Å². The molecule has 0 radical (unpaired) electrons. The highest BCUT2D eigenvalue weighted by Gasteiger charge is 2.30. The molecule has 2 atom stereocenters. The molecule has 13 heavy (non-hydrogen) atoms. The van der Waals surface area contributed by atoms with E-state index in [1.807, 2.05) is 6.92 Å². The third-order valence-electron chi connectivity index (χ3n) is 2.65. The fourth-order valence-electron chi connectivity index (χ4n) is 1.86. The third-order valence-corrected chi connectivity index (χ3v) is 2.65. The summed E-state index contributed by atoms with van der Waals surface area (Å²) in [5.41, 5.74) is 6.22. The molecule has 1 aliphatic rings. The highest BCUT2D eigenvalue weighted by Crippen LogP contribution is 2.33. The lowest BCUT2D eigenvalue weighted by atomic mass is 9.93. The Hall–Kier alpha value is -0.990. The number of carbonyl (C=O) groups excluding carboxylic acids is 1. The molecule has 74 valence electrons. The summed E-state index contributed by atoms with van der Waals surface area (Å²) < 4.78 is 5.61. The van der Waals surface area contributed by atoms with E-state index in [2.05, 4.69) is 13.8 Å². The lowest BCUT2D eigenvalue weighted by molar-refractivity contribution is -0.117. The van der Waals surface area contributed by atoms with Crippen LogP contribution in [0.4, 0.5) is 0 Å². The molecule has 0 aliphatic carbocycles. The van der Waals surface area contributed by atoms with Crippen molar-refractivity contribution in [1.82, 2.24) is 0 Å². The summed E-state index contributed by atoms with van der Waals surface area (Å²) in [6.45, 7) is 6.08. The molecular formula is C10H17NO2. The number of allylic oxidation sites excluding steroid dienone is 1. The summed E-state index contributed by atoms with van der Waals surface area (Å²) in [4.78, 5) is 10.8. The first-order chi connectivity index (χ1) is 6.06. The van der Waals surface area contributed by atoms with Crippen molar-refractivity contribution in [2.24, 2.45) is 11.7 Å². The SMILES string of the molecule is CC[C@@H]1OC(C)=C(CC(N)=O)C1C. The van der Waals surface area contributed by atoms with E-state index in [-0.39, 0.29) is 12.0 Å². The highest BCUT2D eigenvalue weighted by atomic mass is 16.5. The summed E-state index contributed by atoms with van der Waals surface area (Å²) >= 11 is 0. The van der Waals surface area contributed by atoms with Crippen molar-refractivity contribution in [3.05, 3.63) is 11.3 Å². The number of nitrogens with two attached hydrogens (primary N) is 1. The van der Waals surface area contributed by atoms with Gasteiger partial charge in [0.25, 0.3) is 0 Å². The Morgan fingerprint density at radius 1 is 1.62 bits per heavy atom. The Balaban J connectivity index is 2.72. The van der Waals surface area contributed by atoms with Gasteiger partial charge in [0.05, 0.1) is 12.2 Å². The van der Waals surface area contributed by atoms with Gasteiger partial charge in [-0.05, 0) is 18.9 Å². The van der Waals surface area contributed by atoms with Crippen LogP contribution in [0.25, 0.3) is 0 Å². The van der Waals surface area contributed by atoms with Gasteiger partial charge in [0.2, 0.25) is 5.91 Å². The largest absolute Gasteiger partial charge is 0.494 e. The van der Waals surface area contributed by atoms with Crippen LogP contribution in [-0.4, -0.2) is 12.0 Å². The molecule has 0 aromatic heterocycles. The minimum atomic E-state index is -0.276. The second kappa shape index (κ2) is 3.81. The molecule has 1 rings (SSSR count). The zero-order valence-electron chi connectivity index (χ0n) is 8.46. The standard InChI is InChI=1S/C10H17NO2/c1-4-9-6(2)8(5-10(11)12)7(3)13-9/h6,9H,4-5H2,1-3H3,(H2,11,12)/t6?,9-/m0/s1. The number of amides is 1. The number of ether oxygens (including phenoxy) is 1. The van der Waals surface area contributed by atoms with E-state index in [1.165, 1.54) is 0 Å². The predicted molar refractivity (Wildman–Crippen MR) is 50.8 cm³/mol. The quantitative estimate of drug-likeness (QED) is 0.722. The van der Waals surface area contributed by atoms with Gasteiger partial charge in [-0.25, -0.2) is 0 Å². The molecule has 3 heteroatoms. The van der Waals surface area contributed by atoms with Crippen LogP contribution in [0.5, 0.6) is 0 Å². The average molecular weight is 183 g/mol. The van der Waals surface area contributed by atoms with E-state index >= 15 is 0 Å². The Morgan fingerprint density at radius 3 is 2.62 bits per heavy atom. The Kier molecular flexibility index (Phi) is 2.96. The molecule has 0 aromatic carbocycles. The summed E-state index contributed by atoms with van der Waals surface area (Å²) in [5, 5.41) is 0. The summed E-state index contributed by atoms with van der Waals surface area (Å²) in [7, 11) is 0. The number of carbonyl (C=O) groups is 1. The van der Waals surface area contributed by atoms with Gasteiger partial charge in [0.15, 0.2) is 0 Å². The van der Waals surface area contributed by atoms with Gasteiger partial charge in [0, 0.05) is 5.92 Å². The van der Waals surface area contributed by atoms with E-state index in [1.54, 1.807) is 0 Å². The second-order valence-electron chi connectivity index (χ2n) is 3.58.